The molecule has 6 heteroatoms. The van der Waals surface area contributed by atoms with Crippen molar-refractivity contribution in [2.45, 2.75) is 70.0 Å². The Morgan fingerprint density at radius 3 is 2.89 bits per heavy atom. The number of aromatic nitrogens is 3. The Kier molecular flexibility index (Phi) is 4.82. The van der Waals surface area contributed by atoms with E-state index in [1.165, 1.54) is 66.3 Å². The molecule has 1 saturated carbocycles. The fourth-order valence-corrected chi connectivity index (χ4v) is 6.33. The summed E-state index contributed by atoms with van der Waals surface area (Å²) >= 11 is 1.90. The van der Waals surface area contributed by atoms with Crippen molar-refractivity contribution in [3.8, 4) is 0 Å². The quantitative estimate of drug-likeness (QED) is 0.851. The van der Waals surface area contributed by atoms with Crippen LogP contribution in [0.2, 0.25) is 0 Å². The fraction of sp³-hybridized carbons (Fsp3) is 0.714. The van der Waals surface area contributed by atoms with Gasteiger partial charge >= 0.3 is 0 Å². The van der Waals surface area contributed by atoms with E-state index in [2.05, 4.69) is 40.0 Å². The number of thiazole rings is 1. The van der Waals surface area contributed by atoms with Crippen molar-refractivity contribution in [1.82, 2.24) is 25.0 Å². The Hall–Kier alpha value is -1.24. The molecule has 0 bridgehead atoms. The lowest BCUT2D eigenvalue weighted by atomic mass is 9.86. The van der Waals surface area contributed by atoms with Gasteiger partial charge in [0, 0.05) is 36.8 Å². The maximum Gasteiger partial charge on any atom is 0.0900 e. The SMILES string of the molecule is Cc1nc2c(s1)C(NC[C@@H]1CCCN(C3CC3)[C@H]1c1ccnn1C)CCC2. The normalized spacial score (nSPS) is 29.0. The van der Waals surface area contributed by atoms with Crippen molar-refractivity contribution >= 4 is 11.3 Å². The highest BCUT2D eigenvalue weighted by molar-refractivity contribution is 7.11. The van der Waals surface area contributed by atoms with Gasteiger partial charge in [0.1, 0.15) is 0 Å². The highest BCUT2D eigenvalue weighted by Crippen LogP contribution is 2.43. The molecule has 3 atom stereocenters. The Balaban J connectivity index is 1.34. The van der Waals surface area contributed by atoms with Gasteiger partial charge in [0.05, 0.1) is 22.4 Å². The first kappa shape index (κ1) is 17.8. The van der Waals surface area contributed by atoms with Crippen LogP contribution in [0.1, 0.15) is 71.9 Å². The Bertz CT molecular complexity index is 792. The first-order valence-corrected chi connectivity index (χ1v) is 11.5. The molecule has 0 radical (unpaired) electrons. The van der Waals surface area contributed by atoms with Gasteiger partial charge in [-0.2, -0.15) is 5.10 Å². The molecule has 1 N–H and O–H groups in total. The molecule has 1 aliphatic heterocycles. The van der Waals surface area contributed by atoms with Crippen LogP contribution in [0.15, 0.2) is 12.3 Å². The molecule has 27 heavy (non-hydrogen) atoms. The highest BCUT2D eigenvalue weighted by Gasteiger charge is 2.41. The first-order chi connectivity index (χ1) is 13.2. The van der Waals surface area contributed by atoms with Gasteiger partial charge in [0.2, 0.25) is 0 Å². The third kappa shape index (κ3) is 3.47. The average molecular weight is 386 g/mol. The monoisotopic (exact) mass is 385 g/mol. The number of hydrogen-bond acceptors (Lipinski definition) is 5. The molecule has 2 aromatic heterocycles. The van der Waals surface area contributed by atoms with Crippen LogP contribution in [0.4, 0.5) is 0 Å². The fourth-order valence-electron chi connectivity index (χ4n) is 5.25. The molecule has 5 rings (SSSR count). The van der Waals surface area contributed by atoms with Crippen LogP contribution >= 0.6 is 11.3 Å². The minimum Gasteiger partial charge on any atom is -0.309 e. The summed E-state index contributed by atoms with van der Waals surface area (Å²) in [5.41, 5.74) is 2.75. The Morgan fingerprint density at radius 2 is 2.11 bits per heavy atom. The summed E-state index contributed by atoms with van der Waals surface area (Å²) in [6.07, 6.45) is 11.0. The Labute approximate surface area is 166 Å². The zero-order valence-corrected chi connectivity index (χ0v) is 17.3. The van der Waals surface area contributed by atoms with E-state index >= 15 is 0 Å². The topological polar surface area (TPSA) is 46.0 Å². The van der Waals surface area contributed by atoms with Crippen LogP contribution in [0.5, 0.6) is 0 Å². The van der Waals surface area contributed by atoms with Crippen molar-refractivity contribution < 1.29 is 0 Å². The lowest BCUT2D eigenvalue weighted by Gasteiger charge is -2.42. The van der Waals surface area contributed by atoms with Crippen LogP contribution in [-0.2, 0) is 13.5 Å². The predicted octanol–water partition coefficient (Wildman–Crippen LogP) is 3.77. The van der Waals surface area contributed by atoms with Crippen molar-refractivity contribution in [3.05, 3.63) is 33.5 Å². The number of nitrogens with one attached hydrogen (secondary N) is 1. The van der Waals surface area contributed by atoms with Gasteiger partial charge in [-0.3, -0.25) is 9.58 Å². The number of nitrogens with zero attached hydrogens (tertiary/aromatic N) is 4. The van der Waals surface area contributed by atoms with E-state index in [9.17, 15) is 0 Å². The molecule has 2 fully saturated rings. The molecule has 0 aromatic carbocycles. The van der Waals surface area contributed by atoms with Crippen LogP contribution in [-0.4, -0.2) is 38.8 Å². The molecule has 3 heterocycles. The van der Waals surface area contributed by atoms with E-state index in [1.807, 2.05) is 17.5 Å². The van der Waals surface area contributed by atoms with Gasteiger partial charge in [-0.05, 0) is 70.4 Å². The summed E-state index contributed by atoms with van der Waals surface area (Å²) in [6.45, 7) is 4.49. The predicted molar refractivity (Wildman–Crippen MR) is 109 cm³/mol. The molecule has 0 amide bonds. The van der Waals surface area contributed by atoms with Crippen LogP contribution in [0.25, 0.3) is 0 Å². The molecule has 5 nitrogen and oxygen atoms in total. The minimum atomic E-state index is 0.503. The zero-order chi connectivity index (χ0) is 18.4. The summed E-state index contributed by atoms with van der Waals surface area (Å²) in [7, 11) is 2.10. The van der Waals surface area contributed by atoms with E-state index < -0.39 is 0 Å². The van der Waals surface area contributed by atoms with Crippen molar-refractivity contribution in [2.24, 2.45) is 13.0 Å². The second kappa shape index (κ2) is 7.30. The summed E-state index contributed by atoms with van der Waals surface area (Å²) in [6, 6.07) is 4.06. The molecule has 2 aromatic rings. The zero-order valence-electron chi connectivity index (χ0n) is 16.5. The van der Waals surface area contributed by atoms with E-state index in [0.717, 1.165) is 19.0 Å². The van der Waals surface area contributed by atoms with Crippen LogP contribution < -0.4 is 5.32 Å². The Morgan fingerprint density at radius 1 is 1.22 bits per heavy atom. The number of fused-ring (bicyclic) bond motifs is 1. The van der Waals surface area contributed by atoms with Gasteiger partial charge in [-0.15, -0.1) is 11.3 Å². The molecule has 2 aliphatic carbocycles. The number of hydrogen-bond donors (Lipinski definition) is 1. The van der Waals surface area contributed by atoms with Crippen molar-refractivity contribution in [2.75, 3.05) is 13.1 Å². The maximum absolute atomic E-state index is 4.77. The van der Waals surface area contributed by atoms with Gasteiger partial charge in [0.15, 0.2) is 0 Å². The second-order valence-electron chi connectivity index (χ2n) is 8.59. The lowest BCUT2D eigenvalue weighted by Crippen LogP contribution is -2.45. The molecular formula is C21H31N5S. The van der Waals surface area contributed by atoms with Crippen molar-refractivity contribution in [3.63, 3.8) is 0 Å². The van der Waals surface area contributed by atoms with Gasteiger partial charge in [0.25, 0.3) is 0 Å². The van der Waals surface area contributed by atoms with Gasteiger partial charge in [-0.1, -0.05) is 0 Å². The number of rotatable bonds is 5. The molecule has 146 valence electrons. The smallest absolute Gasteiger partial charge is 0.0900 e. The van der Waals surface area contributed by atoms with Crippen LogP contribution in [0, 0.1) is 12.8 Å². The van der Waals surface area contributed by atoms with Gasteiger partial charge in [-0.25, -0.2) is 4.98 Å². The summed E-state index contributed by atoms with van der Waals surface area (Å²) in [5.74, 6) is 0.661. The average Bonchev–Trinajstić information content (AvgIpc) is 3.31. The number of likely N-dealkylation sites (tertiary alicyclic amines) is 1. The molecule has 1 saturated heterocycles. The molecule has 3 aliphatic rings. The van der Waals surface area contributed by atoms with E-state index in [4.69, 9.17) is 4.98 Å². The third-order valence-corrected chi connectivity index (χ3v) is 7.78. The minimum absolute atomic E-state index is 0.503. The number of piperidine rings is 1. The van der Waals surface area contributed by atoms with Crippen LogP contribution in [0.3, 0.4) is 0 Å². The summed E-state index contributed by atoms with van der Waals surface area (Å²) in [4.78, 5) is 9.06. The largest absolute Gasteiger partial charge is 0.309 e. The lowest BCUT2D eigenvalue weighted by molar-refractivity contribution is 0.0760. The van der Waals surface area contributed by atoms with Crippen molar-refractivity contribution in [1.29, 1.82) is 0 Å². The first-order valence-electron chi connectivity index (χ1n) is 10.6. The van der Waals surface area contributed by atoms with E-state index in [-0.39, 0.29) is 0 Å². The summed E-state index contributed by atoms with van der Waals surface area (Å²) < 4.78 is 2.10. The highest BCUT2D eigenvalue weighted by atomic mass is 32.1. The molecule has 0 spiro atoms. The van der Waals surface area contributed by atoms with E-state index in [1.54, 1.807) is 0 Å². The standard InChI is InChI=1S/C21H31N5S/c1-14-24-18-7-3-6-17(21(18)27-14)22-13-15-5-4-12-26(16-8-9-16)20(15)19-10-11-23-25(19)2/h10-11,15-17,20,22H,3-9,12-13H2,1-2H3/t15-,17?,20+/m0/s1. The maximum atomic E-state index is 4.77. The van der Waals surface area contributed by atoms with E-state index in [0.29, 0.717) is 18.0 Å². The third-order valence-electron chi connectivity index (χ3n) is 6.66. The van der Waals surface area contributed by atoms with Gasteiger partial charge < -0.3 is 5.32 Å². The number of aryl methyl sites for hydroxylation is 3. The summed E-state index contributed by atoms with van der Waals surface area (Å²) in [5, 5.41) is 9.67. The molecular weight excluding hydrogens is 354 g/mol. The molecule has 1 unspecified atom stereocenters. The second-order valence-corrected chi connectivity index (χ2v) is 9.83.